The number of pyridine rings is 1. The summed E-state index contributed by atoms with van der Waals surface area (Å²) >= 11 is 5.82. The molecular weight excluding hydrogens is 538 g/mol. The molecule has 2 unspecified atom stereocenters. The zero-order valence-electron chi connectivity index (χ0n) is 21.9. The number of carbonyl (C=O) groups is 1. The summed E-state index contributed by atoms with van der Waals surface area (Å²) in [5.74, 6) is 2.47. The molecule has 0 aliphatic carbocycles. The van der Waals surface area contributed by atoms with Crippen LogP contribution in [0.2, 0.25) is 0 Å². The Bertz CT molecular complexity index is 1670. The summed E-state index contributed by atoms with van der Waals surface area (Å²) in [7, 11) is 1.62. The average molecular weight is 564 g/mol. The van der Waals surface area contributed by atoms with Crippen molar-refractivity contribution in [2.45, 2.75) is 12.1 Å². The molecule has 0 spiro atoms. The Balaban J connectivity index is 1.32. The van der Waals surface area contributed by atoms with Crippen molar-refractivity contribution < 1.29 is 23.8 Å². The van der Waals surface area contributed by atoms with Crippen molar-refractivity contribution in [3.05, 3.63) is 126 Å². The van der Waals surface area contributed by atoms with Crippen LogP contribution in [0, 0.1) is 0 Å². The number of hydrogen-bond donors (Lipinski definition) is 2. The van der Waals surface area contributed by atoms with Gasteiger partial charge in [0, 0.05) is 17.4 Å². The smallest absolute Gasteiger partial charge is 0.335 e. The van der Waals surface area contributed by atoms with Crippen LogP contribution >= 0.6 is 12.2 Å². The van der Waals surface area contributed by atoms with Gasteiger partial charge in [0.25, 0.3) is 0 Å². The Labute approximate surface area is 241 Å². The first kappa shape index (κ1) is 26.1. The molecule has 3 heterocycles. The number of furan rings is 1. The maximum atomic E-state index is 11.3. The number of aromatic carboxylic acids is 1. The van der Waals surface area contributed by atoms with E-state index >= 15 is 0 Å². The van der Waals surface area contributed by atoms with Crippen molar-refractivity contribution in [3.63, 3.8) is 0 Å². The second kappa shape index (κ2) is 11.1. The number of anilines is 1. The van der Waals surface area contributed by atoms with E-state index in [4.69, 9.17) is 26.1 Å². The number of nitrogens with zero attached hydrogens (tertiary/aromatic N) is 2. The summed E-state index contributed by atoms with van der Waals surface area (Å²) in [6.07, 6.45) is 1.75. The molecule has 0 radical (unpaired) electrons. The normalized spacial score (nSPS) is 16.3. The molecule has 0 saturated carbocycles. The maximum Gasteiger partial charge on any atom is 0.335 e. The first-order chi connectivity index (χ1) is 20.0. The summed E-state index contributed by atoms with van der Waals surface area (Å²) in [6, 6.07) is 30.6. The zero-order valence-corrected chi connectivity index (χ0v) is 22.7. The lowest BCUT2D eigenvalue weighted by atomic mass is 10.0. The van der Waals surface area contributed by atoms with E-state index in [0.29, 0.717) is 28.1 Å². The largest absolute Gasteiger partial charge is 0.497 e. The molecule has 1 aliphatic rings. The van der Waals surface area contributed by atoms with Crippen LogP contribution in [-0.4, -0.2) is 28.3 Å². The van der Waals surface area contributed by atoms with Gasteiger partial charge in [-0.05, 0) is 97.1 Å². The summed E-state index contributed by atoms with van der Waals surface area (Å²) in [4.78, 5) is 17.9. The zero-order chi connectivity index (χ0) is 28.3. The van der Waals surface area contributed by atoms with E-state index < -0.39 is 5.97 Å². The van der Waals surface area contributed by atoms with E-state index in [-0.39, 0.29) is 17.6 Å². The average Bonchev–Trinajstić information content (AvgIpc) is 3.63. The van der Waals surface area contributed by atoms with Crippen LogP contribution in [0.4, 0.5) is 5.69 Å². The molecule has 9 heteroatoms. The molecule has 6 rings (SSSR count). The van der Waals surface area contributed by atoms with E-state index in [2.05, 4.69) is 10.3 Å². The van der Waals surface area contributed by atoms with Gasteiger partial charge in [-0.25, -0.2) is 4.79 Å². The molecule has 8 nitrogen and oxygen atoms in total. The predicted octanol–water partition coefficient (Wildman–Crippen LogP) is 7.02. The van der Waals surface area contributed by atoms with E-state index in [1.165, 1.54) is 0 Å². The molecule has 41 heavy (non-hydrogen) atoms. The van der Waals surface area contributed by atoms with Crippen molar-refractivity contribution in [1.82, 2.24) is 10.3 Å². The molecule has 204 valence electrons. The van der Waals surface area contributed by atoms with Gasteiger partial charge in [-0.1, -0.05) is 18.2 Å². The molecule has 0 bridgehead atoms. The Kier molecular flexibility index (Phi) is 7.09. The van der Waals surface area contributed by atoms with Gasteiger partial charge in [0.05, 0.1) is 24.4 Å². The first-order valence-electron chi connectivity index (χ1n) is 12.9. The minimum absolute atomic E-state index is 0.215. The number of methoxy groups -OCH3 is 1. The second-order valence-electron chi connectivity index (χ2n) is 9.35. The van der Waals surface area contributed by atoms with Crippen LogP contribution in [0.3, 0.4) is 0 Å². The number of nitrogens with one attached hydrogen (secondary N) is 1. The number of carboxylic acids is 1. The van der Waals surface area contributed by atoms with Crippen LogP contribution in [0.1, 0.15) is 33.9 Å². The molecular formula is C32H25N3O5S. The number of ether oxygens (including phenoxy) is 2. The predicted molar refractivity (Wildman–Crippen MR) is 159 cm³/mol. The van der Waals surface area contributed by atoms with Crippen LogP contribution in [0.5, 0.6) is 17.2 Å². The number of carboxylic acid groups (broad SMARTS) is 1. The molecule has 2 N–H and O–H groups in total. The maximum absolute atomic E-state index is 11.3. The summed E-state index contributed by atoms with van der Waals surface area (Å²) in [5.41, 5.74) is 2.67. The van der Waals surface area contributed by atoms with E-state index in [1.807, 2.05) is 83.8 Å². The molecule has 1 fully saturated rings. The Morgan fingerprint density at radius 3 is 2.22 bits per heavy atom. The third kappa shape index (κ3) is 5.35. The third-order valence-corrected chi connectivity index (χ3v) is 7.16. The van der Waals surface area contributed by atoms with Crippen molar-refractivity contribution in [1.29, 1.82) is 0 Å². The van der Waals surface area contributed by atoms with Gasteiger partial charge in [0.2, 0.25) is 0 Å². The van der Waals surface area contributed by atoms with Gasteiger partial charge in [-0.3, -0.25) is 4.98 Å². The van der Waals surface area contributed by atoms with Gasteiger partial charge in [0.1, 0.15) is 34.8 Å². The quantitative estimate of drug-likeness (QED) is 0.193. The molecule has 1 saturated heterocycles. The fraction of sp³-hybridized carbons (Fsp3) is 0.0938. The lowest BCUT2D eigenvalue weighted by molar-refractivity contribution is 0.0697. The summed E-state index contributed by atoms with van der Waals surface area (Å²) in [5, 5.41) is 13.2. The lowest BCUT2D eigenvalue weighted by Gasteiger charge is -2.26. The molecule has 2 atom stereocenters. The van der Waals surface area contributed by atoms with Crippen molar-refractivity contribution >= 4 is 29.0 Å². The number of hydrogen-bond acceptors (Lipinski definition) is 6. The third-order valence-electron chi connectivity index (χ3n) is 6.84. The fourth-order valence-electron chi connectivity index (χ4n) is 4.82. The summed E-state index contributed by atoms with van der Waals surface area (Å²) < 4.78 is 17.6. The van der Waals surface area contributed by atoms with Gasteiger partial charge in [-0.15, -0.1) is 0 Å². The minimum Gasteiger partial charge on any atom is -0.497 e. The number of benzene rings is 3. The Morgan fingerprint density at radius 2 is 1.59 bits per heavy atom. The highest BCUT2D eigenvalue weighted by atomic mass is 32.1. The summed E-state index contributed by atoms with van der Waals surface area (Å²) in [6.45, 7) is 0. The topological polar surface area (TPSA) is 97.1 Å². The Hall–Kier alpha value is -5.15. The van der Waals surface area contributed by atoms with E-state index in [1.54, 1.807) is 37.6 Å². The van der Waals surface area contributed by atoms with Crippen molar-refractivity contribution in [2.24, 2.45) is 0 Å². The number of rotatable bonds is 8. The highest BCUT2D eigenvalue weighted by molar-refractivity contribution is 7.80. The highest BCUT2D eigenvalue weighted by Gasteiger charge is 2.42. The standard InChI is InChI=1S/C32H25N3O5S/c1-38-23-13-15-25(16-14-23)39-24-11-9-22(10-12-24)35-30(29(34-32(35)41)26-4-2-3-19-33-26)28-18-17-27(40-28)20-5-7-21(8-6-20)31(36)37/h2-19,29-30H,1H3,(H,34,41)(H,36,37). The number of thiocarbonyl (C=S) groups is 1. The van der Waals surface area contributed by atoms with Crippen molar-refractivity contribution in [2.75, 3.05) is 12.0 Å². The van der Waals surface area contributed by atoms with Gasteiger partial charge in [0.15, 0.2) is 5.11 Å². The molecule has 3 aromatic carbocycles. The monoisotopic (exact) mass is 563 g/mol. The number of aromatic nitrogens is 1. The molecule has 0 amide bonds. The molecule has 1 aliphatic heterocycles. The molecule has 2 aromatic heterocycles. The van der Waals surface area contributed by atoms with Crippen LogP contribution in [0.25, 0.3) is 11.3 Å². The Morgan fingerprint density at radius 1 is 0.902 bits per heavy atom. The van der Waals surface area contributed by atoms with Crippen LogP contribution in [0.15, 0.2) is 114 Å². The van der Waals surface area contributed by atoms with Gasteiger partial charge >= 0.3 is 5.97 Å². The molecule has 5 aromatic rings. The van der Waals surface area contributed by atoms with Crippen molar-refractivity contribution in [3.8, 4) is 28.6 Å². The van der Waals surface area contributed by atoms with Crippen LogP contribution < -0.4 is 19.7 Å². The SMILES string of the molecule is COc1ccc(Oc2ccc(N3C(=S)NC(c4ccccn4)C3c3ccc(-c4ccc(C(=O)O)cc4)o3)cc2)cc1. The first-order valence-corrected chi connectivity index (χ1v) is 13.3. The van der Waals surface area contributed by atoms with E-state index in [0.717, 1.165) is 22.7 Å². The lowest BCUT2D eigenvalue weighted by Crippen LogP contribution is -2.29. The fourth-order valence-corrected chi connectivity index (χ4v) is 5.17. The van der Waals surface area contributed by atoms with Crippen LogP contribution in [-0.2, 0) is 0 Å². The van der Waals surface area contributed by atoms with Gasteiger partial charge < -0.3 is 29.2 Å². The second-order valence-corrected chi connectivity index (χ2v) is 9.74. The van der Waals surface area contributed by atoms with Gasteiger partial charge in [-0.2, -0.15) is 0 Å². The van der Waals surface area contributed by atoms with E-state index in [9.17, 15) is 9.90 Å². The highest BCUT2D eigenvalue weighted by Crippen LogP contribution is 2.43. The minimum atomic E-state index is -0.975.